The molecule has 2 heterocycles. The van der Waals surface area contributed by atoms with Gasteiger partial charge >= 0.3 is 5.76 Å². The van der Waals surface area contributed by atoms with Gasteiger partial charge in [0.15, 0.2) is 5.58 Å². The van der Waals surface area contributed by atoms with E-state index in [2.05, 4.69) is 10.3 Å². The maximum atomic E-state index is 12.5. The molecule has 2 fully saturated rings. The molecule has 1 aliphatic carbocycles. The van der Waals surface area contributed by atoms with Crippen LogP contribution in [0.25, 0.3) is 17.2 Å². The van der Waals surface area contributed by atoms with Crippen molar-refractivity contribution < 1.29 is 14.0 Å². The molecule has 0 spiro atoms. The summed E-state index contributed by atoms with van der Waals surface area (Å²) < 4.78 is 5.00. The van der Waals surface area contributed by atoms with E-state index in [-0.39, 0.29) is 11.8 Å². The number of benzene rings is 2. The van der Waals surface area contributed by atoms with Gasteiger partial charge in [-0.25, -0.2) is 4.79 Å². The molecule has 0 radical (unpaired) electrons. The number of nitrogens with zero attached hydrogens (tertiary/aromatic N) is 1. The third-order valence-corrected chi connectivity index (χ3v) is 6.60. The van der Waals surface area contributed by atoms with Gasteiger partial charge in [0.25, 0.3) is 5.91 Å². The SMILES string of the molecule is O=C(NCC1[C@H]2CN(C(=O)/C=C/c3cc(Cl)cc(Cl)c3)C[C@@H]12)c1ccc2[nH]c(=O)oc2c1. The fourth-order valence-electron chi connectivity index (χ4n) is 4.48. The zero-order chi connectivity index (χ0) is 22.4. The molecule has 1 saturated carbocycles. The van der Waals surface area contributed by atoms with E-state index in [9.17, 15) is 14.4 Å². The van der Waals surface area contributed by atoms with Crippen molar-refractivity contribution in [1.82, 2.24) is 15.2 Å². The van der Waals surface area contributed by atoms with Gasteiger partial charge in [0.2, 0.25) is 5.91 Å². The molecule has 7 nitrogen and oxygen atoms in total. The summed E-state index contributed by atoms with van der Waals surface area (Å²) in [4.78, 5) is 40.6. The van der Waals surface area contributed by atoms with E-state index in [0.29, 0.717) is 64.1 Å². The average Bonchev–Trinajstić information content (AvgIpc) is 3.06. The van der Waals surface area contributed by atoms with E-state index in [1.807, 2.05) is 4.90 Å². The maximum absolute atomic E-state index is 12.5. The van der Waals surface area contributed by atoms with Crippen molar-refractivity contribution in [3.63, 3.8) is 0 Å². The number of rotatable bonds is 5. The van der Waals surface area contributed by atoms with Crippen LogP contribution in [0.15, 0.2) is 51.7 Å². The van der Waals surface area contributed by atoms with Crippen LogP contribution in [-0.2, 0) is 4.79 Å². The molecule has 1 saturated heterocycles. The molecule has 164 valence electrons. The Morgan fingerprint density at radius 1 is 1.12 bits per heavy atom. The van der Waals surface area contributed by atoms with Crippen LogP contribution in [0.4, 0.5) is 0 Å². The van der Waals surface area contributed by atoms with Gasteiger partial charge in [-0.3, -0.25) is 14.6 Å². The summed E-state index contributed by atoms with van der Waals surface area (Å²) in [5.41, 5.74) is 2.13. The van der Waals surface area contributed by atoms with E-state index < -0.39 is 5.76 Å². The maximum Gasteiger partial charge on any atom is 0.417 e. The molecule has 1 unspecified atom stereocenters. The number of piperidine rings is 1. The van der Waals surface area contributed by atoms with E-state index >= 15 is 0 Å². The minimum Gasteiger partial charge on any atom is -0.408 e. The lowest BCUT2D eigenvalue weighted by molar-refractivity contribution is -0.125. The summed E-state index contributed by atoms with van der Waals surface area (Å²) >= 11 is 12.0. The number of hydrogen-bond donors (Lipinski definition) is 2. The molecule has 3 atom stereocenters. The number of fused-ring (bicyclic) bond motifs is 2. The Hall–Kier alpha value is -3.03. The first-order valence-corrected chi connectivity index (χ1v) is 11.0. The zero-order valence-electron chi connectivity index (χ0n) is 16.8. The van der Waals surface area contributed by atoms with Crippen LogP contribution in [0.1, 0.15) is 15.9 Å². The van der Waals surface area contributed by atoms with Crippen LogP contribution >= 0.6 is 23.2 Å². The normalized spacial score (nSPS) is 21.8. The van der Waals surface area contributed by atoms with Crippen LogP contribution in [0, 0.1) is 17.8 Å². The summed E-state index contributed by atoms with van der Waals surface area (Å²) in [6.07, 6.45) is 3.25. The molecule has 2 aliphatic rings. The number of likely N-dealkylation sites (tertiary alicyclic amines) is 1. The zero-order valence-corrected chi connectivity index (χ0v) is 18.3. The Morgan fingerprint density at radius 3 is 2.56 bits per heavy atom. The van der Waals surface area contributed by atoms with E-state index in [4.69, 9.17) is 27.6 Å². The molecule has 9 heteroatoms. The van der Waals surface area contributed by atoms with Crippen LogP contribution in [-0.4, -0.2) is 41.3 Å². The Kier molecular flexibility index (Phi) is 5.31. The molecular formula is C23H19Cl2N3O4. The summed E-state index contributed by atoms with van der Waals surface area (Å²) in [7, 11) is 0. The standard InChI is InChI=1S/C23H19Cl2N3O4/c24-14-5-12(6-15(25)8-14)1-4-21(29)28-10-17-16(18(17)11-28)9-26-22(30)13-2-3-19-20(7-13)32-23(31)27-19/h1-8,16-18H,9-11H2,(H,26,30)(H,27,31)/b4-1+/t16?,17-,18+. The number of nitrogens with one attached hydrogen (secondary N) is 2. The highest BCUT2D eigenvalue weighted by Crippen LogP contribution is 2.51. The summed E-state index contributed by atoms with van der Waals surface area (Å²) in [5.74, 6) is 0.368. The number of aromatic nitrogens is 1. The van der Waals surface area contributed by atoms with Gasteiger partial charge < -0.3 is 14.6 Å². The first-order chi connectivity index (χ1) is 15.4. The van der Waals surface area contributed by atoms with E-state index in [1.54, 1.807) is 48.6 Å². The Bertz CT molecular complexity index is 1280. The Morgan fingerprint density at radius 2 is 1.84 bits per heavy atom. The predicted octanol–water partition coefficient (Wildman–Crippen LogP) is 3.58. The summed E-state index contributed by atoms with van der Waals surface area (Å²) in [5, 5.41) is 4.00. The van der Waals surface area contributed by atoms with Crippen molar-refractivity contribution in [3.8, 4) is 0 Å². The van der Waals surface area contributed by atoms with Gasteiger partial charge in [-0.1, -0.05) is 23.2 Å². The highest BCUT2D eigenvalue weighted by molar-refractivity contribution is 6.34. The summed E-state index contributed by atoms with van der Waals surface area (Å²) in [6.45, 7) is 1.93. The second-order valence-corrected chi connectivity index (χ2v) is 9.08. The van der Waals surface area contributed by atoms with Gasteiger partial charge in [0.1, 0.15) is 0 Å². The van der Waals surface area contributed by atoms with Crippen molar-refractivity contribution >= 4 is 52.2 Å². The molecular weight excluding hydrogens is 453 g/mol. The van der Waals surface area contributed by atoms with Gasteiger partial charge in [0.05, 0.1) is 5.52 Å². The number of aromatic amines is 1. The van der Waals surface area contributed by atoms with Crippen molar-refractivity contribution in [2.45, 2.75) is 0 Å². The number of hydrogen-bond acceptors (Lipinski definition) is 4. The molecule has 1 aliphatic heterocycles. The minimum absolute atomic E-state index is 0.0441. The third-order valence-electron chi connectivity index (χ3n) is 6.17. The highest BCUT2D eigenvalue weighted by atomic mass is 35.5. The molecule has 32 heavy (non-hydrogen) atoms. The molecule has 0 bridgehead atoms. The number of oxazole rings is 1. The van der Waals surface area contributed by atoms with E-state index in [1.165, 1.54) is 0 Å². The fraction of sp³-hybridized carbons (Fsp3) is 0.261. The smallest absolute Gasteiger partial charge is 0.408 e. The van der Waals surface area contributed by atoms with Crippen molar-refractivity contribution in [2.75, 3.05) is 19.6 Å². The van der Waals surface area contributed by atoms with Crippen LogP contribution in [0.2, 0.25) is 10.0 Å². The van der Waals surface area contributed by atoms with Gasteiger partial charge in [-0.05, 0) is 65.8 Å². The van der Waals surface area contributed by atoms with Gasteiger partial charge in [0, 0.05) is 41.3 Å². The van der Waals surface area contributed by atoms with Crippen molar-refractivity contribution in [3.05, 3.63) is 74.2 Å². The number of amides is 2. The van der Waals surface area contributed by atoms with Gasteiger partial charge in [-0.2, -0.15) is 0 Å². The minimum atomic E-state index is -0.548. The van der Waals surface area contributed by atoms with Crippen LogP contribution in [0.3, 0.4) is 0 Å². The predicted molar refractivity (Wildman–Crippen MR) is 122 cm³/mol. The molecule has 2 amide bonds. The van der Waals surface area contributed by atoms with Crippen LogP contribution < -0.4 is 11.1 Å². The summed E-state index contributed by atoms with van der Waals surface area (Å²) in [6, 6.07) is 9.99. The molecule has 3 aromatic rings. The second-order valence-electron chi connectivity index (χ2n) is 8.21. The first kappa shape index (κ1) is 20.8. The number of halogens is 2. The topological polar surface area (TPSA) is 95.4 Å². The average molecular weight is 472 g/mol. The highest BCUT2D eigenvalue weighted by Gasteiger charge is 2.56. The quantitative estimate of drug-likeness (QED) is 0.555. The lowest BCUT2D eigenvalue weighted by Gasteiger charge is -2.18. The lowest BCUT2D eigenvalue weighted by atomic mass is 10.2. The number of H-pyrrole nitrogens is 1. The molecule has 2 N–H and O–H groups in total. The lowest BCUT2D eigenvalue weighted by Crippen LogP contribution is -2.33. The number of carbonyl (C=O) groups is 2. The fourth-order valence-corrected chi connectivity index (χ4v) is 5.02. The molecule has 1 aromatic heterocycles. The largest absolute Gasteiger partial charge is 0.417 e. The third kappa shape index (κ3) is 4.18. The Balaban J connectivity index is 1.12. The molecule has 5 rings (SSSR count). The Labute approximate surface area is 193 Å². The van der Waals surface area contributed by atoms with Crippen LogP contribution in [0.5, 0.6) is 0 Å². The second kappa shape index (κ2) is 8.15. The van der Waals surface area contributed by atoms with Crippen molar-refractivity contribution in [2.24, 2.45) is 17.8 Å². The number of carbonyl (C=O) groups excluding carboxylic acids is 2. The van der Waals surface area contributed by atoms with E-state index in [0.717, 1.165) is 5.56 Å². The molecule has 2 aromatic carbocycles. The monoisotopic (exact) mass is 471 g/mol. The van der Waals surface area contributed by atoms with Crippen molar-refractivity contribution in [1.29, 1.82) is 0 Å². The first-order valence-electron chi connectivity index (χ1n) is 10.2. The van der Waals surface area contributed by atoms with Gasteiger partial charge in [-0.15, -0.1) is 0 Å².